The van der Waals surface area contributed by atoms with Crippen molar-refractivity contribution in [2.75, 3.05) is 16.0 Å². The van der Waals surface area contributed by atoms with Crippen molar-refractivity contribution in [1.82, 2.24) is 4.98 Å². The van der Waals surface area contributed by atoms with Gasteiger partial charge in [0, 0.05) is 21.8 Å². The number of carbonyl (C=O) groups excluding carboxylic acids is 2. The number of anilines is 3. The van der Waals surface area contributed by atoms with E-state index in [1.54, 1.807) is 35.7 Å². The summed E-state index contributed by atoms with van der Waals surface area (Å²) in [6.07, 6.45) is 0. The fourth-order valence-electron chi connectivity index (χ4n) is 2.18. The largest absolute Gasteiger partial charge is 0.325 e. The molecule has 0 spiro atoms. The molecule has 0 aliphatic rings. The van der Waals surface area contributed by atoms with Crippen LogP contribution in [0.3, 0.4) is 0 Å². The number of carbonyl (C=O) groups is 2. The number of nitrogens with one attached hydrogen (secondary N) is 3. The van der Waals surface area contributed by atoms with E-state index in [1.807, 2.05) is 25.1 Å². The van der Waals surface area contributed by atoms with Gasteiger partial charge in [-0.25, -0.2) is 9.78 Å². The number of hydrogen-bond donors (Lipinski definition) is 3. The van der Waals surface area contributed by atoms with Crippen LogP contribution in [0.15, 0.2) is 53.9 Å². The SMILES string of the molecule is Cc1cccc(NC(=O)c2csc(NC(=O)Nc3cccc(Cl)c3)n2)c1. The molecule has 6 nitrogen and oxygen atoms in total. The molecule has 0 saturated carbocycles. The Labute approximate surface area is 159 Å². The van der Waals surface area contributed by atoms with Gasteiger partial charge in [0.1, 0.15) is 5.69 Å². The van der Waals surface area contributed by atoms with Crippen LogP contribution in [0, 0.1) is 6.92 Å². The average Bonchev–Trinajstić information content (AvgIpc) is 3.03. The lowest BCUT2D eigenvalue weighted by atomic mass is 10.2. The summed E-state index contributed by atoms with van der Waals surface area (Å²) in [5.41, 5.74) is 2.52. The summed E-state index contributed by atoms with van der Waals surface area (Å²) in [6, 6.07) is 13.8. The minimum Gasteiger partial charge on any atom is -0.321 e. The van der Waals surface area contributed by atoms with Gasteiger partial charge in [-0.2, -0.15) is 0 Å². The minimum atomic E-state index is -0.466. The molecule has 0 bridgehead atoms. The fourth-order valence-corrected chi connectivity index (χ4v) is 3.06. The van der Waals surface area contributed by atoms with Crippen LogP contribution in [0.1, 0.15) is 16.1 Å². The van der Waals surface area contributed by atoms with Crippen molar-refractivity contribution in [2.45, 2.75) is 6.92 Å². The first kappa shape index (κ1) is 17.9. The monoisotopic (exact) mass is 386 g/mol. The molecule has 0 saturated heterocycles. The van der Waals surface area contributed by atoms with Crippen LogP contribution in [-0.4, -0.2) is 16.9 Å². The topological polar surface area (TPSA) is 83.1 Å². The maximum absolute atomic E-state index is 12.2. The van der Waals surface area contributed by atoms with Crippen LogP contribution in [0.25, 0.3) is 0 Å². The van der Waals surface area contributed by atoms with Crippen LogP contribution in [0.2, 0.25) is 5.02 Å². The molecule has 3 amide bonds. The fraction of sp³-hybridized carbons (Fsp3) is 0.0556. The van der Waals surface area contributed by atoms with Crippen LogP contribution in [0.5, 0.6) is 0 Å². The summed E-state index contributed by atoms with van der Waals surface area (Å²) < 4.78 is 0. The molecule has 1 aromatic heterocycles. The predicted molar refractivity (Wildman–Crippen MR) is 105 cm³/mol. The number of rotatable bonds is 4. The number of aryl methyl sites for hydroxylation is 1. The highest BCUT2D eigenvalue weighted by atomic mass is 35.5. The van der Waals surface area contributed by atoms with E-state index >= 15 is 0 Å². The average molecular weight is 387 g/mol. The van der Waals surface area contributed by atoms with Gasteiger partial charge in [-0.15, -0.1) is 11.3 Å². The maximum atomic E-state index is 12.2. The Bertz CT molecular complexity index is 958. The highest BCUT2D eigenvalue weighted by Crippen LogP contribution is 2.19. The zero-order valence-electron chi connectivity index (χ0n) is 13.7. The van der Waals surface area contributed by atoms with Crippen molar-refractivity contribution >= 4 is 51.4 Å². The smallest absolute Gasteiger partial charge is 0.321 e. The summed E-state index contributed by atoms with van der Waals surface area (Å²) in [7, 11) is 0. The summed E-state index contributed by atoms with van der Waals surface area (Å²) in [5.74, 6) is -0.338. The Morgan fingerprint density at radius 1 is 1.00 bits per heavy atom. The molecule has 132 valence electrons. The minimum absolute atomic E-state index is 0.231. The predicted octanol–water partition coefficient (Wildman–Crippen LogP) is 5.00. The lowest BCUT2D eigenvalue weighted by molar-refractivity contribution is 0.102. The van der Waals surface area contributed by atoms with E-state index in [0.717, 1.165) is 16.9 Å². The second-order valence-corrected chi connectivity index (χ2v) is 6.75. The van der Waals surface area contributed by atoms with Crippen molar-refractivity contribution in [1.29, 1.82) is 0 Å². The molecule has 2 aromatic carbocycles. The molecule has 0 aliphatic carbocycles. The first-order valence-corrected chi connectivity index (χ1v) is 8.92. The second kappa shape index (κ2) is 7.99. The van der Waals surface area contributed by atoms with Gasteiger partial charge in [0.15, 0.2) is 5.13 Å². The number of halogens is 1. The van der Waals surface area contributed by atoms with Gasteiger partial charge in [-0.3, -0.25) is 10.1 Å². The van der Waals surface area contributed by atoms with E-state index in [0.29, 0.717) is 21.5 Å². The Kier molecular flexibility index (Phi) is 5.50. The summed E-state index contributed by atoms with van der Waals surface area (Å²) >= 11 is 7.04. The van der Waals surface area contributed by atoms with Crippen LogP contribution in [-0.2, 0) is 0 Å². The molecule has 8 heteroatoms. The quantitative estimate of drug-likeness (QED) is 0.589. The van der Waals surface area contributed by atoms with Crippen molar-refractivity contribution in [3.8, 4) is 0 Å². The van der Waals surface area contributed by atoms with E-state index in [4.69, 9.17) is 11.6 Å². The lowest BCUT2D eigenvalue weighted by Gasteiger charge is -2.05. The molecule has 0 aliphatic heterocycles. The Balaban J connectivity index is 1.60. The van der Waals surface area contributed by atoms with E-state index in [1.165, 1.54) is 0 Å². The highest BCUT2D eigenvalue weighted by molar-refractivity contribution is 7.14. The standard InChI is InChI=1S/C18H15ClN4O2S/c1-11-4-2-6-13(8-11)20-16(24)15-10-26-18(22-15)23-17(25)21-14-7-3-5-12(19)9-14/h2-10H,1H3,(H,20,24)(H2,21,22,23,25). The van der Waals surface area contributed by atoms with Crippen molar-refractivity contribution < 1.29 is 9.59 Å². The molecular formula is C18H15ClN4O2S. The first-order valence-electron chi connectivity index (χ1n) is 7.67. The van der Waals surface area contributed by atoms with Crippen LogP contribution >= 0.6 is 22.9 Å². The number of aromatic nitrogens is 1. The normalized spacial score (nSPS) is 10.2. The molecule has 0 radical (unpaired) electrons. The Hall–Kier alpha value is -2.90. The third-order valence-corrected chi connectivity index (χ3v) is 4.31. The third kappa shape index (κ3) is 4.81. The summed E-state index contributed by atoms with van der Waals surface area (Å²) in [4.78, 5) is 28.4. The van der Waals surface area contributed by atoms with Gasteiger partial charge in [0.2, 0.25) is 0 Å². The van der Waals surface area contributed by atoms with Gasteiger partial charge in [0.05, 0.1) is 0 Å². The van der Waals surface area contributed by atoms with Crippen molar-refractivity contribution in [3.05, 3.63) is 70.2 Å². The molecule has 3 N–H and O–H groups in total. The third-order valence-electron chi connectivity index (χ3n) is 3.32. The molecular weight excluding hydrogens is 372 g/mol. The van der Waals surface area contributed by atoms with Crippen molar-refractivity contribution in [3.63, 3.8) is 0 Å². The van der Waals surface area contributed by atoms with Gasteiger partial charge in [-0.05, 0) is 42.8 Å². The van der Waals surface area contributed by atoms with Gasteiger partial charge in [0.25, 0.3) is 5.91 Å². The summed E-state index contributed by atoms with van der Waals surface area (Å²) in [5, 5.41) is 10.4. The number of nitrogens with zero attached hydrogens (tertiary/aromatic N) is 1. The van der Waals surface area contributed by atoms with Gasteiger partial charge >= 0.3 is 6.03 Å². The van der Waals surface area contributed by atoms with Crippen LogP contribution in [0.4, 0.5) is 21.3 Å². The highest BCUT2D eigenvalue weighted by Gasteiger charge is 2.13. The molecule has 3 rings (SSSR count). The second-order valence-electron chi connectivity index (χ2n) is 5.45. The van der Waals surface area contributed by atoms with E-state index in [9.17, 15) is 9.59 Å². The molecule has 1 heterocycles. The number of hydrogen-bond acceptors (Lipinski definition) is 4. The Morgan fingerprint density at radius 2 is 1.73 bits per heavy atom. The molecule has 0 unspecified atom stereocenters. The van der Waals surface area contributed by atoms with Gasteiger partial charge in [-0.1, -0.05) is 29.8 Å². The molecule has 3 aromatic rings. The van der Waals surface area contributed by atoms with E-state index in [2.05, 4.69) is 20.9 Å². The lowest BCUT2D eigenvalue weighted by Crippen LogP contribution is -2.19. The van der Waals surface area contributed by atoms with Crippen molar-refractivity contribution in [2.24, 2.45) is 0 Å². The number of urea groups is 1. The molecule has 26 heavy (non-hydrogen) atoms. The zero-order chi connectivity index (χ0) is 18.5. The first-order chi connectivity index (χ1) is 12.5. The maximum Gasteiger partial charge on any atom is 0.325 e. The van der Waals surface area contributed by atoms with Gasteiger partial charge < -0.3 is 10.6 Å². The number of benzene rings is 2. The molecule has 0 atom stereocenters. The number of amides is 3. The van der Waals surface area contributed by atoms with E-state index in [-0.39, 0.29) is 11.6 Å². The zero-order valence-corrected chi connectivity index (χ0v) is 15.3. The Morgan fingerprint density at radius 3 is 2.46 bits per heavy atom. The molecule has 0 fully saturated rings. The van der Waals surface area contributed by atoms with E-state index < -0.39 is 6.03 Å². The summed E-state index contributed by atoms with van der Waals surface area (Å²) in [6.45, 7) is 1.94. The van der Waals surface area contributed by atoms with Crippen LogP contribution < -0.4 is 16.0 Å². The number of thiazole rings is 1.